The molecule has 1 amide bonds. The highest BCUT2D eigenvalue weighted by atomic mass is 16.5. The summed E-state index contributed by atoms with van der Waals surface area (Å²) < 4.78 is 11.1. The number of carbonyl (C=O) groups excluding carboxylic acids is 1. The molecule has 0 saturated carbocycles. The molecule has 0 spiro atoms. The number of pyridine rings is 1. The highest BCUT2D eigenvalue weighted by Crippen LogP contribution is 2.42. The fourth-order valence-corrected chi connectivity index (χ4v) is 4.90. The number of fused-ring (bicyclic) bond motifs is 3. The first-order valence-electron chi connectivity index (χ1n) is 11.3. The zero-order valence-corrected chi connectivity index (χ0v) is 19.3. The van der Waals surface area contributed by atoms with Crippen molar-refractivity contribution in [2.24, 2.45) is 16.9 Å². The van der Waals surface area contributed by atoms with Crippen LogP contribution in [0.1, 0.15) is 54.2 Å². The van der Waals surface area contributed by atoms with Crippen molar-refractivity contribution < 1.29 is 14.3 Å². The fraction of sp³-hybridized carbons (Fsp3) is 0.480. The first-order valence-corrected chi connectivity index (χ1v) is 11.3. The Morgan fingerprint density at radius 1 is 1.22 bits per heavy atom. The molecule has 0 aliphatic carbocycles. The van der Waals surface area contributed by atoms with Gasteiger partial charge in [-0.2, -0.15) is 5.10 Å². The Kier molecular flexibility index (Phi) is 6.74. The van der Waals surface area contributed by atoms with Gasteiger partial charge in [0.1, 0.15) is 0 Å². The van der Waals surface area contributed by atoms with Gasteiger partial charge in [-0.25, -0.2) is 5.43 Å². The lowest BCUT2D eigenvalue weighted by molar-refractivity contribution is 0.0952. The molecular formula is C25H32N4O3. The molecule has 1 N–H and O–H groups in total. The van der Waals surface area contributed by atoms with Crippen LogP contribution in [0.25, 0.3) is 0 Å². The minimum absolute atomic E-state index is 0.207. The fourth-order valence-electron chi connectivity index (χ4n) is 4.90. The Morgan fingerprint density at radius 2 is 1.94 bits per heavy atom. The second-order valence-electron chi connectivity index (χ2n) is 8.98. The first kappa shape index (κ1) is 22.3. The molecule has 32 heavy (non-hydrogen) atoms. The van der Waals surface area contributed by atoms with Gasteiger partial charge in [-0.1, -0.05) is 13.8 Å². The Balaban J connectivity index is 1.62. The van der Waals surface area contributed by atoms with E-state index in [2.05, 4.69) is 46.4 Å². The first-order chi connectivity index (χ1) is 15.5. The molecule has 7 nitrogen and oxygen atoms in total. The standard InChI is InChI=1S/C25H32N4O3/c1-16(2)11-19-15-29-10-7-18-12-23(31-3)24(32-4)13-20(18)22(29)14-21(19)27-28-25(30)17-5-8-26-9-6-17/h5-6,8-9,12-13,16,19,22H,7,10-11,14-15H2,1-4H3,(H,28,30)/b27-21-/t19-,22-/m1/s1. The van der Waals surface area contributed by atoms with Gasteiger partial charge in [-0.3, -0.25) is 14.7 Å². The normalized spacial score (nSPS) is 21.7. The predicted molar refractivity (Wildman–Crippen MR) is 124 cm³/mol. The van der Waals surface area contributed by atoms with Crippen LogP contribution in [-0.4, -0.2) is 48.8 Å². The number of hydrazone groups is 1. The monoisotopic (exact) mass is 436 g/mol. The summed E-state index contributed by atoms with van der Waals surface area (Å²) >= 11 is 0. The number of benzene rings is 1. The van der Waals surface area contributed by atoms with Crippen molar-refractivity contribution in [3.8, 4) is 11.5 Å². The van der Waals surface area contributed by atoms with E-state index in [1.807, 2.05) is 0 Å². The van der Waals surface area contributed by atoms with E-state index in [1.165, 1.54) is 11.1 Å². The van der Waals surface area contributed by atoms with Crippen LogP contribution in [0, 0.1) is 11.8 Å². The van der Waals surface area contributed by atoms with Crippen LogP contribution < -0.4 is 14.9 Å². The van der Waals surface area contributed by atoms with E-state index in [4.69, 9.17) is 9.47 Å². The number of carbonyl (C=O) groups is 1. The molecule has 1 aromatic heterocycles. The number of piperidine rings is 1. The highest BCUT2D eigenvalue weighted by Gasteiger charge is 2.37. The van der Waals surface area contributed by atoms with Crippen LogP contribution in [0.5, 0.6) is 11.5 Å². The van der Waals surface area contributed by atoms with Gasteiger partial charge < -0.3 is 9.47 Å². The Labute approximate surface area is 189 Å². The van der Waals surface area contributed by atoms with Crippen molar-refractivity contribution in [2.75, 3.05) is 27.3 Å². The minimum atomic E-state index is -0.207. The smallest absolute Gasteiger partial charge is 0.271 e. The lowest BCUT2D eigenvalue weighted by atomic mass is 9.79. The van der Waals surface area contributed by atoms with Gasteiger partial charge in [0.25, 0.3) is 5.91 Å². The van der Waals surface area contributed by atoms with E-state index in [0.717, 1.165) is 49.6 Å². The third-order valence-corrected chi connectivity index (χ3v) is 6.44. The minimum Gasteiger partial charge on any atom is -0.493 e. The summed E-state index contributed by atoms with van der Waals surface area (Å²) in [6.07, 6.45) is 6.06. The summed E-state index contributed by atoms with van der Waals surface area (Å²) in [5.41, 5.74) is 6.97. The van der Waals surface area contributed by atoms with Gasteiger partial charge >= 0.3 is 0 Å². The van der Waals surface area contributed by atoms with E-state index in [1.54, 1.807) is 38.7 Å². The van der Waals surface area contributed by atoms with E-state index in [0.29, 0.717) is 17.4 Å². The molecule has 7 heteroatoms. The number of methoxy groups -OCH3 is 2. The van der Waals surface area contributed by atoms with Crippen molar-refractivity contribution in [3.05, 3.63) is 53.3 Å². The molecule has 2 atom stereocenters. The molecule has 1 fully saturated rings. The summed E-state index contributed by atoms with van der Waals surface area (Å²) in [6.45, 7) is 6.43. The molecular weight excluding hydrogens is 404 g/mol. The van der Waals surface area contributed by atoms with Crippen molar-refractivity contribution in [2.45, 2.75) is 39.2 Å². The Hall–Kier alpha value is -2.93. The summed E-state index contributed by atoms with van der Waals surface area (Å²) in [6, 6.07) is 7.83. The van der Waals surface area contributed by atoms with Gasteiger partial charge in [0.05, 0.1) is 14.2 Å². The molecule has 2 aliphatic heterocycles. The molecule has 0 bridgehead atoms. The molecule has 2 aromatic rings. The molecule has 170 valence electrons. The predicted octanol–water partition coefficient (Wildman–Crippen LogP) is 3.85. The summed E-state index contributed by atoms with van der Waals surface area (Å²) in [5, 5.41) is 4.65. The van der Waals surface area contributed by atoms with Crippen molar-refractivity contribution in [1.29, 1.82) is 0 Å². The molecule has 0 radical (unpaired) electrons. The summed E-state index contributed by atoms with van der Waals surface area (Å²) in [7, 11) is 3.35. The number of hydrogen-bond acceptors (Lipinski definition) is 6. The zero-order chi connectivity index (χ0) is 22.7. The topological polar surface area (TPSA) is 76.0 Å². The van der Waals surface area contributed by atoms with E-state index in [9.17, 15) is 4.79 Å². The third-order valence-electron chi connectivity index (χ3n) is 6.44. The van der Waals surface area contributed by atoms with E-state index in [-0.39, 0.29) is 11.9 Å². The number of rotatable bonds is 6. The molecule has 3 heterocycles. The van der Waals surface area contributed by atoms with E-state index >= 15 is 0 Å². The maximum atomic E-state index is 12.6. The second kappa shape index (κ2) is 9.69. The molecule has 2 aliphatic rings. The largest absolute Gasteiger partial charge is 0.493 e. The van der Waals surface area contributed by atoms with E-state index < -0.39 is 0 Å². The third kappa shape index (κ3) is 4.63. The highest BCUT2D eigenvalue weighted by molar-refractivity contribution is 5.96. The van der Waals surface area contributed by atoms with Gasteiger partial charge in [0.15, 0.2) is 11.5 Å². The molecule has 1 aromatic carbocycles. The number of hydrogen-bond donors (Lipinski definition) is 1. The van der Waals surface area contributed by atoms with Crippen LogP contribution in [0.3, 0.4) is 0 Å². The van der Waals surface area contributed by atoms with Gasteiger partial charge in [-0.15, -0.1) is 0 Å². The van der Waals surface area contributed by atoms with Crippen LogP contribution in [-0.2, 0) is 6.42 Å². The number of aromatic nitrogens is 1. The van der Waals surface area contributed by atoms with Crippen LogP contribution >= 0.6 is 0 Å². The maximum absolute atomic E-state index is 12.6. The lowest BCUT2D eigenvalue weighted by Crippen LogP contribution is -2.47. The average Bonchev–Trinajstić information content (AvgIpc) is 2.81. The quantitative estimate of drug-likeness (QED) is 0.696. The van der Waals surface area contributed by atoms with Crippen molar-refractivity contribution in [3.63, 3.8) is 0 Å². The zero-order valence-electron chi connectivity index (χ0n) is 19.3. The number of nitrogens with one attached hydrogen (secondary N) is 1. The van der Waals surface area contributed by atoms with Crippen molar-refractivity contribution in [1.82, 2.24) is 15.3 Å². The lowest BCUT2D eigenvalue weighted by Gasteiger charge is -2.44. The molecule has 1 saturated heterocycles. The number of nitrogens with zero attached hydrogens (tertiary/aromatic N) is 3. The SMILES string of the molecule is COc1cc2c(cc1OC)[C@H]1C/C(=N/NC(=O)c3ccncc3)[C@H](CC(C)C)CN1CC2. The van der Waals surface area contributed by atoms with Crippen LogP contribution in [0.4, 0.5) is 0 Å². The van der Waals surface area contributed by atoms with Gasteiger partial charge in [-0.05, 0) is 54.2 Å². The van der Waals surface area contributed by atoms with Crippen molar-refractivity contribution >= 4 is 11.6 Å². The second-order valence-corrected chi connectivity index (χ2v) is 8.98. The molecule has 0 unspecified atom stereocenters. The molecule has 4 rings (SSSR count). The maximum Gasteiger partial charge on any atom is 0.271 e. The summed E-state index contributed by atoms with van der Waals surface area (Å²) in [4.78, 5) is 19.1. The number of ether oxygens (including phenoxy) is 2. The number of amides is 1. The van der Waals surface area contributed by atoms with Gasteiger partial charge in [0.2, 0.25) is 0 Å². The Bertz CT molecular complexity index is 990. The van der Waals surface area contributed by atoms with Crippen LogP contribution in [0.15, 0.2) is 41.8 Å². The van der Waals surface area contributed by atoms with Gasteiger partial charge in [0, 0.05) is 55.1 Å². The summed E-state index contributed by atoms with van der Waals surface area (Å²) in [5.74, 6) is 2.19. The Morgan fingerprint density at radius 3 is 2.62 bits per heavy atom. The van der Waals surface area contributed by atoms with Crippen LogP contribution in [0.2, 0.25) is 0 Å². The average molecular weight is 437 g/mol.